The highest BCUT2D eigenvalue weighted by Crippen LogP contribution is 2.42. The zero-order valence-corrected chi connectivity index (χ0v) is 15.2. The number of fused-ring (bicyclic) bond motifs is 2. The summed E-state index contributed by atoms with van der Waals surface area (Å²) in [6.45, 7) is 0.661. The number of nitrogens with two attached hydrogens (primary N) is 1. The molecule has 2 unspecified atom stereocenters. The van der Waals surface area contributed by atoms with E-state index in [1.54, 1.807) is 11.3 Å². The maximum Gasteiger partial charge on any atom is 0.225 e. The second kappa shape index (κ2) is 7.52. The number of hydrogen-bond donors (Lipinski definition) is 1. The predicted molar refractivity (Wildman–Crippen MR) is 94.6 cm³/mol. The molecule has 1 aromatic rings. The highest BCUT2D eigenvalue weighted by Gasteiger charge is 2.41. The number of nitrogens with zero attached hydrogens (tertiary/aromatic N) is 1. The second-order valence-corrected chi connectivity index (χ2v) is 8.40. The molecule has 1 amide bonds. The zero-order chi connectivity index (χ0) is 15.0. The molecule has 2 aliphatic rings. The van der Waals surface area contributed by atoms with E-state index >= 15 is 0 Å². The minimum absolute atomic E-state index is 0. The van der Waals surface area contributed by atoms with Gasteiger partial charge >= 0.3 is 0 Å². The van der Waals surface area contributed by atoms with Gasteiger partial charge in [0.2, 0.25) is 5.91 Å². The van der Waals surface area contributed by atoms with Gasteiger partial charge in [-0.15, -0.1) is 23.7 Å². The van der Waals surface area contributed by atoms with Crippen molar-refractivity contribution in [3.63, 3.8) is 0 Å². The number of amides is 1. The first-order valence-corrected chi connectivity index (χ1v) is 8.99. The summed E-state index contributed by atoms with van der Waals surface area (Å²) in [5.41, 5.74) is 6.31. The van der Waals surface area contributed by atoms with Crippen molar-refractivity contribution < 1.29 is 4.79 Å². The summed E-state index contributed by atoms with van der Waals surface area (Å²) in [5.74, 6) is 1.55. The Morgan fingerprint density at radius 2 is 2.00 bits per heavy atom. The summed E-state index contributed by atoms with van der Waals surface area (Å²) < 4.78 is 0.782. The Balaban J connectivity index is 0.00000176. The van der Waals surface area contributed by atoms with Crippen molar-refractivity contribution in [3.8, 4) is 0 Å². The van der Waals surface area contributed by atoms with Crippen LogP contribution in [-0.4, -0.2) is 23.9 Å². The fraction of sp³-hybridized carbons (Fsp3) is 0.688. The Bertz CT molecular complexity index is 508. The van der Waals surface area contributed by atoms with Gasteiger partial charge in [-0.3, -0.25) is 4.79 Å². The second-order valence-electron chi connectivity index (χ2n) is 6.60. The summed E-state index contributed by atoms with van der Waals surface area (Å²) in [6, 6.07) is 4.22. The Labute approximate surface area is 147 Å². The minimum Gasteiger partial charge on any atom is -0.340 e. The van der Waals surface area contributed by atoms with E-state index in [4.69, 9.17) is 17.3 Å². The number of thiophene rings is 1. The summed E-state index contributed by atoms with van der Waals surface area (Å²) >= 11 is 7.50. The van der Waals surface area contributed by atoms with E-state index < -0.39 is 0 Å². The zero-order valence-electron chi connectivity index (χ0n) is 12.8. The molecular weight excluding hydrogens is 339 g/mol. The van der Waals surface area contributed by atoms with E-state index in [-0.39, 0.29) is 24.2 Å². The van der Waals surface area contributed by atoms with Gasteiger partial charge in [0.05, 0.1) is 10.9 Å². The normalized spacial score (nSPS) is 30.5. The van der Waals surface area contributed by atoms with Crippen molar-refractivity contribution in [3.05, 3.63) is 21.3 Å². The van der Waals surface area contributed by atoms with Gasteiger partial charge in [-0.1, -0.05) is 18.0 Å². The summed E-state index contributed by atoms with van der Waals surface area (Å²) in [7, 11) is 1.90. The van der Waals surface area contributed by atoms with Crippen LogP contribution in [0.1, 0.15) is 37.0 Å². The number of carbonyl (C=O) groups excluding carboxylic acids is 1. The first-order chi connectivity index (χ1) is 10.0. The Hall–Kier alpha value is -0.290. The van der Waals surface area contributed by atoms with E-state index in [1.807, 2.05) is 24.1 Å². The van der Waals surface area contributed by atoms with Crippen LogP contribution in [0.5, 0.6) is 0 Å². The molecule has 0 spiro atoms. The molecule has 2 fully saturated rings. The smallest absolute Gasteiger partial charge is 0.225 e. The average Bonchev–Trinajstić information content (AvgIpc) is 2.83. The quantitative estimate of drug-likeness (QED) is 0.884. The Kier molecular flexibility index (Phi) is 6.17. The molecule has 0 saturated heterocycles. The molecule has 2 aliphatic carbocycles. The summed E-state index contributed by atoms with van der Waals surface area (Å²) in [5, 5.41) is 0. The van der Waals surface area contributed by atoms with Gasteiger partial charge in [-0.25, -0.2) is 0 Å². The molecule has 0 aromatic carbocycles. The standard InChI is InChI=1S/C16H23ClN2OS.ClH/c1-19(9-13-5-6-14(17)21-13)16(20)12-7-10-3-2-4-11(8-12)15(10)18;/h5-6,10-12,15H,2-4,7-9,18H2,1H3;1H. The lowest BCUT2D eigenvalue weighted by Crippen LogP contribution is -2.49. The van der Waals surface area contributed by atoms with E-state index in [0.717, 1.165) is 22.1 Å². The third kappa shape index (κ3) is 3.78. The number of rotatable bonds is 3. The SMILES string of the molecule is CN(Cc1ccc(Cl)s1)C(=O)C1CC2CCCC(C1)C2N.Cl. The fourth-order valence-corrected chi connectivity index (χ4v) is 5.19. The van der Waals surface area contributed by atoms with Gasteiger partial charge < -0.3 is 10.6 Å². The molecule has 3 nitrogen and oxygen atoms in total. The van der Waals surface area contributed by atoms with E-state index in [1.165, 1.54) is 19.3 Å². The molecule has 3 rings (SSSR count). The first kappa shape index (κ1) is 18.1. The Morgan fingerprint density at radius 3 is 2.55 bits per heavy atom. The molecule has 1 heterocycles. The lowest BCUT2D eigenvalue weighted by Gasteiger charge is -2.44. The molecule has 2 atom stereocenters. The molecule has 1 aromatic heterocycles. The minimum atomic E-state index is 0. The van der Waals surface area contributed by atoms with Gasteiger partial charge in [0.15, 0.2) is 0 Å². The third-order valence-corrected chi connectivity index (χ3v) is 6.38. The van der Waals surface area contributed by atoms with Gasteiger partial charge in [0, 0.05) is 23.9 Å². The maximum absolute atomic E-state index is 12.7. The van der Waals surface area contributed by atoms with Crippen molar-refractivity contribution in [1.29, 1.82) is 0 Å². The summed E-state index contributed by atoms with van der Waals surface area (Å²) in [4.78, 5) is 15.7. The van der Waals surface area contributed by atoms with Gasteiger partial charge in [-0.2, -0.15) is 0 Å². The molecule has 0 radical (unpaired) electrons. The van der Waals surface area contributed by atoms with E-state index in [0.29, 0.717) is 24.4 Å². The molecule has 2 N–H and O–H groups in total. The molecular formula is C16H24Cl2N2OS. The maximum atomic E-state index is 12.7. The van der Waals surface area contributed by atoms with Crippen LogP contribution in [0.3, 0.4) is 0 Å². The lowest BCUT2D eigenvalue weighted by atomic mass is 9.65. The van der Waals surface area contributed by atoms with Crippen LogP contribution in [0.15, 0.2) is 12.1 Å². The van der Waals surface area contributed by atoms with E-state index in [2.05, 4.69) is 0 Å². The predicted octanol–water partition coefficient (Wildman–Crippen LogP) is 3.94. The average molecular weight is 363 g/mol. The number of halogens is 2. The van der Waals surface area contributed by atoms with Crippen molar-refractivity contribution >= 4 is 41.3 Å². The highest BCUT2D eigenvalue weighted by atomic mass is 35.5. The third-order valence-electron chi connectivity index (χ3n) is 5.16. The van der Waals surface area contributed by atoms with Crippen molar-refractivity contribution in [1.82, 2.24) is 4.90 Å². The largest absolute Gasteiger partial charge is 0.340 e. The van der Waals surface area contributed by atoms with Gasteiger partial charge in [-0.05, 0) is 49.7 Å². The number of carbonyl (C=O) groups is 1. The molecule has 22 heavy (non-hydrogen) atoms. The van der Waals surface area contributed by atoms with Crippen LogP contribution in [0.2, 0.25) is 4.34 Å². The van der Waals surface area contributed by atoms with Crippen molar-refractivity contribution in [2.75, 3.05) is 7.05 Å². The van der Waals surface area contributed by atoms with Crippen molar-refractivity contribution in [2.45, 2.75) is 44.7 Å². The van der Waals surface area contributed by atoms with E-state index in [9.17, 15) is 4.79 Å². The topological polar surface area (TPSA) is 46.3 Å². The van der Waals surface area contributed by atoms with Crippen LogP contribution >= 0.6 is 35.3 Å². The highest BCUT2D eigenvalue weighted by molar-refractivity contribution is 7.16. The van der Waals surface area contributed by atoms with Crippen molar-refractivity contribution in [2.24, 2.45) is 23.5 Å². The molecule has 124 valence electrons. The van der Waals surface area contributed by atoms with Gasteiger partial charge in [0.1, 0.15) is 0 Å². The molecule has 2 bridgehead atoms. The van der Waals surface area contributed by atoms with Crippen LogP contribution < -0.4 is 5.73 Å². The van der Waals surface area contributed by atoms with Crippen LogP contribution in [0.25, 0.3) is 0 Å². The molecule has 6 heteroatoms. The number of hydrogen-bond acceptors (Lipinski definition) is 3. The monoisotopic (exact) mass is 362 g/mol. The van der Waals surface area contributed by atoms with Crippen LogP contribution in [0.4, 0.5) is 0 Å². The van der Waals surface area contributed by atoms with Crippen LogP contribution in [0, 0.1) is 17.8 Å². The molecule has 2 saturated carbocycles. The van der Waals surface area contributed by atoms with Crippen LogP contribution in [-0.2, 0) is 11.3 Å². The first-order valence-electron chi connectivity index (χ1n) is 7.79. The fourth-order valence-electron chi connectivity index (χ4n) is 4.05. The lowest BCUT2D eigenvalue weighted by molar-refractivity contribution is -0.137. The summed E-state index contributed by atoms with van der Waals surface area (Å²) in [6.07, 6.45) is 5.64. The van der Waals surface area contributed by atoms with Gasteiger partial charge in [0.25, 0.3) is 0 Å². The molecule has 0 aliphatic heterocycles. The Morgan fingerprint density at radius 1 is 1.36 bits per heavy atom.